The minimum Gasteiger partial charge on any atom is -0.326 e. The molecule has 0 unspecified atom stereocenters. The average molecular weight is 383 g/mol. The van der Waals surface area contributed by atoms with E-state index < -0.39 is 15.8 Å². The standard InChI is InChI=1S/C20H18FN3O2S/c21-16-7-10-18(11-8-16)27(25,26)23-17-9-12-20(22-14-17)24-13-3-5-15-4-1-2-6-19(15)24/h1-2,4,6-12,14,23H,3,5,13H2. The number of aryl methyl sites for hydroxylation is 1. The molecule has 0 aliphatic carbocycles. The lowest BCUT2D eigenvalue weighted by Crippen LogP contribution is -2.25. The number of nitrogens with one attached hydrogen (secondary N) is 1. The molecule has 0 spiro atoms. The summed E-state index contributed by atoms with van der Waals surface area (Å²) in [5.41, 5.74) is 2.77. The Morgan fingerprint density at radius 2 is 1.78 bits per heavy atom. The molecule has 1 aromatic heterocycles. The Morgan fingerprint density at radius 3 is 2.52 bits per heavy atom. The molecule has 0 fully saturated rings. The van der Waals surface area contributed by atoms with Crippen LogP contribution in [0, 0.1) is 5.82 Å². The summed E-state index contributed by atoms with van der Waals surface area (Å²) in [4.78, 5) is 6.57. The number of hydrogen-bond acceptors (Lipinski definition) is 4. The highest BCUT2D eigenvalue weighted by Gasteiger charge is 2.19. The van der Waals surface area contributed by atoms with Gasteiger partial charge in [-0.15, -0.1) is 0 Å². The van der Waals surface area contributed by atoms with Gasteiger partial charge in [0.15, 0.2) is 0 Å². The van der Waals surface area contributed by atoms with E-state index >= 15 is 0 Å². The molecular weight excluding hydrogens is 365 g/mol. The third-order valence-corrected chi connectivity index (χ3v) is 5.91. The molecule has 2 aromatic carbocycles. The first-order valence-electron chi connectivity index (χ1n) is 8.63. The summed E-state index contributed by atoms with van der Waals surface area (Å²) < 4.78 is 40.3. The summed E-state index contributed by atoms with van der Waals surface area (Å²) in [6, 6.07) is 16.4. The van der Waals surface area contributed by atoms with Crippen LogP contribution < -0.4 is 9.62 Å². The quantitative estimate of drug-likeness (QED) is 0.737. The van der Waals surface area contributed by atoms with Crippen molar-refractivity contribution in [3.63, 3.8) is 0 Å². The van der Waals surface area contributed by atoms with Crippen molar-refractivity contribution in [2.24, 2.45) is 0 Å². The van der Waals surface area contributed by atoms with Gasteiger partial charge in [-0.1, -0.05) is 18.2 Å². The van der Waals surface area contributed by atoms with Crippen LogP contribution in [0.1, 0.15) is 12.0 Å². The number of fused-ring (bicyclic) bond motifs is 1. The maximum Gasteiger partial charge on any atom is 0.261 e. The van der Waals surface area contributed by atoms with Crippen LogP contribution in [-0.4, -0.2) is 19.9 Å². The highest BCUT2D eigenvalue weighted by molar-refractivity contribution is 7.92. The topological polar surface area (TPSA) is 62.3 Å². The fourth-order valence-corrected chi connectivity index (χ4v) is 4.25. The number of sulfonamides is 1. The Kier molecular flexibility index (Phi) is 4.53. The molecule has 7 heteroatoms. The van der Waals surface area contributed by atoms with Gasteiger partial charge in [0.05, 0.1) is 16.8 Å². The Bertz CT molecular complexity index is 1050. The number of aromatic nitrogens is 1. The normalized spacial score (nSPS) is 13.9. The van der Waals surface area contributed by atoms with Gasteiger partial charge >= 0.3 is 0 Å². The minimum atomic E-state index is -3.79. The predicted molar refractivity (Wildman–Crippen MR) is 103 cm³/mol. The molecule has 0 saturated carbocycles. The van der Waals surface area contributed by atoms with Crippen LogP contribution >= 0.6 is 0 Å². The molecule has 5 nitrogen and oxygen atoms in total. The molecule has 4 rings (SSSR count). The van der Waals surface area contributed by atoms with E-state index in [9.17, 15) is 12.8 Å². The van der Waals surface area contributed by atoms with Crippen molar-refractivity contribution in [1.29, 1.82) is 0 Å². The predicted octanol–water partition coefficient (Wildman–Crippen LogP) is 4.11. The Morgan fingerprint density at radius 1 is 1.00 bits per heavy atom. The van der Waals surface area contributed by atoms with E-state index in [0.717, 1.165) is 43.0 Å². The summed E-state index contributed by atoms with van der Waals surface area (Å²) in [6.45, 7) is 0.866. The molecule has 2 heterocycles. The average Bonchev–Trinajstić information content (AvgIpc) is 2.68. The number of anilines is 3. The molecule has 138 valence electrons. The number of rotatable bonds is 4. The van der Waals surface area contributed by atoms with Crippen molar-refractivity contribution in [1.82, 2.24) is 4.98 Å². The fourth-order valence-electron chi connectivity index (χ4n) is 3.21. The van der Waals surface area contributed by atoms with Gasteiger partial charge in [-0.25, -0.2) is 17.8 Å². The number of para-hydroxylation sites is 1. The van der Waals surface area contributed by atoms with E-state index in [4.69, 9.17) is 0 Å². The van der Waals surface area contributed by atoms with E-state index in [-0.39, 0.29) is 4.90 Å². The monoisotopic (exact) mass is 383 g/mol. The van der Waals surface area contributed by atoms with E-state index in [1.165, 1.54) is 23.9 Å². The van der Waals surface area contributed by atoms with Gasteiger partial charge < -0.3 is 4.90 Å². The number of nitrogens with zero attached hydrogens (tertiary/aromatic N) is 2. The molecule has 0 amide bonds. The summed E-state index contributed by atoms with van der Waals surface area (Å²) in [5.74, 6) is 0.286. The van der Waals surface area contributed by atoms with Gasteiger partial charge in [0.2, 0.25) is 0 Å². The van der Waals surface area contributed by atoms with Crippen LogP contribution in [0.4, 0.5) is 21.6 Å². The van der Waals surface area contributed by atoms with Crippen LogP contribution in [0.5, 0.6) is 0 Å². The fraction of sp³-hybridized carbons (Fsp3) is 0.150. The number of hydrogen-bond donors (Lipinski definition) is 1. The van der Waals surface area contributed by atoms with E-state index in [1.54, 1.807) is 12.1 Å². The minimum absolute atomic E-state index is 0.00191. The number of benzene rings is 2. The van der Waals surface area contributed by atoms with Crippen LogP contribution in [0.15, 0.2) is 71.8 Å². The smallest absolute Gasteiger partial charge is 0.261 e. The second-order valence-electron chi connectivity index (χ2n) is 6.35. The Labute approximate surface area is 157 Å². The molecule has 1 aliphatic rings. The second-order valence-corrected chi connectivity index (χ2v) is 8.03. The zero-order chi connectivity index (χ0) is 18.9. The number of halogens is 1. The highest BCUT2D eigenvalue weighted by atomic mass is 32.2. The van der Waals surface area contributed by atoms with Gasteiger partial charge in [0, 0.05) is 12.2 Å². The summed E-state index contributed by atoms with van der Waals surface area (Å²) in [5, 5.41) is 0. The summed E-state index contributed by atoms with van der Waals surface area (Å²) in [7, 11) is -3.79. The molecule has 3 aromatic rings. The zero-order valence-corrected chi connectivity index (χ0v) is 15.3. The van der Waals surface area contributed by atoms with Gasteiger partial charge in [-0.05, 0) is 60.9 Å². The van der Waals surface area contributed by atoms with E-state index in [2.05, 4.69) is 26.7 Å². The van der Waals surface area contributed by atoms with E-state index in [0.29, 0.717) is 5.69 Å². The van der Waals surface area contributed by atoms with E-state index in [1.807, 2.05) is 12.1 Å². The molecule has 0 atom stereocenters. The molecule has 0 saturated heterocycles. The van der Waals surface area contributed by atoms with Crippen LogP contribution in [0.3, 0.4) is 0 Å². The van der Waals surface area contributed by atoms with Gasteiger partial charge in [-0.2, -0.15) is 0 Å². The van der Waals surface area contributed by atoms with Gasteiger partial charge in [-0.3, -0.25) is 4.72 Å². The third kappa shape index (κ3) is 3.64. The first-order chi connectivity index (χ1) is 13.0. The van der Waals surface area contributed by atoms with Crippen LogP contribution in [0.2, 0.25) is 0 Å². The van der Waals surface area contributed by atoms with Crippen molar-refractivity contribution in [3.8, 4) is 0 Å². The molecular formula is C20H18FN3O2S. The maximum atomic E-state index is 13.0. The Balaban J connectivity index is 1.56. The molecule has 0 radical (unpaired) electrons. The van der Waals surface area contributed by atoms with Crippen molar-refractivity contribution in [2.45, 2.75) is 17.7 Å². The maximum absolute atomic E-state index is 13.0. The van der Waals surface area contributed by atoms with Crippen molar-refractivity contribution < 1.29 is 12.8 Å². The summed E-state index contributed by atoms with van der Waals surface area (Å²) in [6.07, 6.45) is 3.58. The molecule has 27 heavy (non-hydrogen) atoms. The zero-order valence-electron chi connectivity index (χ0n) is 14.5. The number of pyridine rings is 1. The Hall–Kier alpha value is -2.93. The lowest BCUT2D eigenvalue weighted by Gasteiger charge is -2.30. The third-order valence-electron chi connectivity index (χ3n) is 4.51. The first kappa shape index (κ1) is 17.5. The first-order valence-corrected chi connectivity index (χ1v) is 10.1. The van der Waals surface area contributed by atoms with Crippen molar-refractivity contribution in [2.75, 3.05) is 16.2 Å². The highest BCUT2D eigenvalue weighted by Crippen LogP contribution is 2.32. The second kappa shape index (κ2) is 7.00. The van der Waals surface area contributed by atoms with Gasteiger partial charge in [0.25, 0.3) is 10.0 Å². The molecule has 1 N–H and O–H groups in total. The lowest BCUT2D eigenvalue weighted by atomic mass is 10.0. The van der Waals surface area contributed by atoms with Crippen LogP contribution in [-0.2, 0) is 16.4 Å². The van der Waals surface area contributed by atoms with Crippen molar-refractivity contribution >= 4 is 27.2 Å². The molecule has 1 aliphatic heterocycles. The summed E-state index contributed by atoms with van der Waals surface area (Å²) >= 11 is 0. The SMILES string of the molecule is O=S(=O)(Nc1ccc(N2CCCc3ccccc32)nc1)c1ccc(F)cc1. The van der Waals surface area contributed by atoms with Crippen molar-refractivity contribution in [3.05, 3.63) is 78.2 Å². The van der Waals surface area contributed by atoms with Crippen LogP contribution in [0.25, 0.3) is 0 Å². The lowest BCUT2D eigenvalue weighted by molar-refractivity contribution is 0.599. The molecule has 0 bridgehead atoms. The largest absolute Gasteiger partial charge is 0.326 e. The van der Waals surface area contributed by atoms with Gasteiger partial charge in [0.1, 0.15) is 11.6 Å².